The number of carbonyl (C=O) groups is 2. The predicted molar refractivity (Wildman–Crippen MR) is 136 cm³/mol. The summed E-state index contributed by atoms with van der Waals surface area (Å²) in [5.74, 6) is 0.730. The first-order valence-electron chi connectivity index (χ1n) is 11.5. The van der Waals surface area contributed by atoms with E-state index in [1.165, 1.54) is 6.21 Å². The van der Waals surface area contributed by atoms with Gasteiger partial charge in [0.25, 0.3) is 0 Å². The van der Waals surface area contributed by atoms with E-state index in [2.05, 4.69) is 37.9 Å². The molecule has 0 bridgehead atoms. The van der Waals surface area contributed by atoms with E-state index in [1.54, 1.807) is 0 Å². The Morgan fingerprint density at radius 3 is 2.49 bits per heavy atom. The predicted octanol–water partition coefficient (Wildman–Crippen LogP) is 3.97. The first kappa shape index (κ1) is 23.9. The molecule has 0 radical (unpaired) electrons. The van der Waals surface area contributed by atoms with Gasteiger partial charge in [0.05, 0.1) is 11.9 Å². The van der Waals surface area contributed by atoms with E-state index in [-0.39, 0.29) is 12.3 Å². The number of benzene rings is 2. The Labute approximate surface area is 203 Å². The number of piperidine rings is 1. The van der Waals surface area contributed by atoms with Crippen molar-refractivity contribution in [2.75, 3.05) is 23.3 Å². The summed E-state index contributed by atoms with van der Waals surface area (Å²) in [5.41, 5.74) is 6.53. The summed E-state index contributed by atoms with van der Waals surface area (Å²) in [4.78, 5) is 33.2. The smallest absolute Gasteiger partial charge is 0.303 e. The lowest BCUT2D eigenvalue weighted by molar-refractivity contribution is -0.138. The van der Waals surface area contributed by atoms with Crippen LogP contribution in [0.15, 0.2) is 59.7 Å². The number of hydrogen-bond acceptors (Lipinski definition) is 7. The zero-order chi connectivity index (χ0) is 24.6. The number of carbonyl (C=O) groups excluding carboxylic acids is 1. The average Bonchev–Trinajstić information content (AvgIpc) is 2.87. The van der Waals surface area contributed by atoms with Crippen LogP contribution >= 0.6 is 0 Å². The molecule has 0 saturated carbocycles. The summed E-state index contributed by atoms with van der Waals surface area (Å²) in [5, 5.41) is 16.3. The summed E-state index contributed by atoms with van der Waals surface area (Å²) in [6.45, 7) is 3.61. The minimum atomic E-state index is -0.719. The third-order valence-electron chi connectivity index (χ3n) is 6.10. The molecule has 1 fully saturated rings. The van der Waals surface area contributed by atoms with Gasteiger partial charge in [-0.05, 0) is 49.9 Å². The van der Waals surface area contributed by atoms with Crippen LogP contribution in [0.3, 0.4) is 0 Å². The average molecular weight is 473 g/mol. The zero-order valence-electron chi connectivity index (χ0n) is 19.5. The second kappa shape index (κ2) is 11.2. The quantitative estimate of drug-likeness (QED) is 0.245. The van der Waals surface area contributed by atoms with Crippen LogP contribution in [0, 0.1) is 12.8 Å². The van der Waals surface area contributed by atoms with Crippen molar-refractivity contribution < 1.29 is 14.7 Å². The summed E-state index contributed by atoms with van der Waals surface area (Å²) in [6.07, 6.45) is 4.02. The van der Waals surface area contributed by atoms with Gasteiger partial charge in [-0.3, -0.25) is 9.59 Å². The normalized spacial score (nSPS) is 14.1. The van der Waals surface area contributed by atoms with Crippen LogP contribution in [0.1, 0.15) is 30.5 Å². The Morgan fingerprint density at radius 2 is 1.83 bits per heavy atom. The maximum absolute atomic E-state index is 11.0. The topological polar surface area (TPSA) is 120 Å². The molecule has 0 atom stereocenters. The third-order valence-corrected chi connectivity index (χ3v) is 6.10. The van der Waals surface area contributed by atoms with Gasteiger partial charge in [0.15, 0.2) is 5.82 Å². The Balaban J connectivity index is 1.52. The molecular formula is C26H28N6O3. The van der Waals surface area contributed by atoms with Gasteiger partial charge in [-0.2, -0.15) is 5.10 Å². The number of carboxylic acid groups (broad SMARTS) is 1. The molecule has 9 nitrogen and oxygen atoms in total. The van der Waals surface area contributed by atoms with E-state index >= 15 is 0 Å². The number of hydrogen-bond donors (Lipinski definition) is 3. The second-order valence-corrected chi connectivity index (χ2v) is 8.48. The monoisotopic (exact) mass is 472 g/mol. The fourth-order valence-electron chi connectivity index (χ4n) is 4.16. The highest BCUT2D eigenvalue weighted by molar-refractivity contribution is 5.83. The van der Waals surface area contributed by atoms with Gasteiger partial charge in [-0.15, -0.1) is 0 Å². The lowest BCUT2D eigenvalue weighted by Crippen LogP contribution is -2.34. The molecule has 2 heterocycles. The molecule has 4 rings (SSSR count). The number of hydrazone groups is 1. The van der Waals surface area contributed by atoms with Crippen LogP contribution < -0.4 is 15.6 Å². The highest BCUT2D eigenvalue weighted by atomic mass is 16.4. The minimum absolute atomic E-state index is 0.248. The molecule has 9 heteroatoms. The van der Waals surface area contributed by atoms with Crippen LogP contribution in [-0.2, 0) is 9.59 Å². The fraction of sp³-hybridized carbons (Fsp3) is 0.269. The first-order valence-corrected chi connectivity index (χ1v) is 11.5. The molecule has 3 N–H and O–H groups in total. The van der Waals surface area contributed by atoms with Crippen molar-refractivity contribution in [3.05, 3.63) is 65.9 Å². The number of rotatable bonds is 9. The van der Waals surface area contributed by atoms with E-state index in [1.807, 2.05) is 49.4 Å². The highest BCUT2D eigenvalue weighted by Crippen LogP contribution is 2.28. The SMILES string of the molecule is Cc1c(/C=N\NC=O)nc(-c2ccccc2)nc1Nc1ccc(N2CCC(CC(=O)O)CC2)cc1. The van der Waals surface area contributed by atoms with Crippen molar-refractivity contribution >= 4 is 35.8 Å². The third kappa shape index (κ3) is 6.20. The largest absolute Gasteiger partial charge is 0.481 e. The number of carboxylic acids is 1. The number of nitrogens with zero attached hydrogens (tertiary/aromatic N) is 4. The molecule has 0 aliphatic carbocycles. The van der Waals surface area contributed by atoms with Crippen LogP contribution in [0.5, 0.6) is 0 Å². The molecule has 1 saturated heterocycles. The fourth-order valence-corrected chi connectivity index (χ4v) is 4.16. The number of aliphatic carboxylic acids is 1. The van der Waals surface area contributed by atoms with Crippen molar-refractivity contribution in [3.8, 4) is 11.4 Å². The number of nitrogens with one attached hydrogen (secondary N) is 2. The van der Waals surface area contributed by atoms with Gasteiger partial charge >= 0.3 is 5.97 Å². The van der Waals surface area contributed by atoms with E-state index < -0.39 is 5.97 Å². The minimum Gasteiger partial charge on any atom is -0.481 e. The van der Waals surface area contributed by atoms with Crippen LogP contribution in [-0.4, -0.2) is 46.8 Å². The Morgan fingerprint density at radius 1 is 1.11 bits per heavy atom. The van der Waals surface area contributed by atoms with Crippen LogP contribution in [0.4, 0.5) is 17.2 Å². The van der Waals surface area contributed by atoms with Crippen LogP contribution in [0.2, 0.25) is 0 Å². The molecule has 0 unspecified atom stereocenters. The summed E-state index contributed by atoms with van der Waals surface area (Å²) in [6, 6.07) is 17.8. The molecule has 180 valence electrons. The van der Waals surface area contributed by atoms with Crippen molar-refractivity contribution in [1.29, 1.82) is 0 Å². The number of anilines is 3. The zero-order valence-corrected chi connectivity index (χ0v) is 19.5. The van der Waals surface area contributed by atoms with Crippen molar-refractivity contribution in [2.24, 2.45) is 11.0 Å². The van der Waals surface area contributed by atoms with E-state index in [0.29, 0.717) is 23.7 Å². The van der Waals surface area contributed by atoms with Gasteiger partial charge in [0.2, 0.25) is 6.41 Å². The summed E-state index contributed by atoms with van der Waals surface area (Å²) < 4.78 is 0. The molecular weight excluding hydrogens is 444 g/mol. The molecule has 35 heavy (non-hydrogen) atoms. The Kier molecular flexibility index (Phi) is 7.67. The van der Waals surface area contributed by atoms with E-state index in [0.717, 1.165) is 48.4 Å². The summed E-state index contributed by atoms with van der Waals surface area (Å²) >= 11 is 0. The Bertz CT molecular complexity index is 1190. The van der Waals surface area contributed by atoms with Gasteiger partial charge in [0.1, 0.15) is 5.82 Å². The lowest BCUT2D eigenvalue weighted by atomic mass is 9.93. The molecule has 1 aliphatic rings. The van der Waals surface area contributed by atoms with E-state index in [4.69, 9.17) is 10.1 Å². The van der Waals surface area contributed by atoms with Gasteiger partial charge in [0, 0.05) is 42.0 Å². The standard InChI is InChI=1S/C26H28N6O3/c1-18-23(16-27-28-17-33)30-26(20-5-3-2-4-6-20)31-25(18)29-21-7-9-22(10-8-21)32-13-11-19(12-14-32)15-24(34)35/h2-10,16-17,19H,11-15H2,1H3,(H,28,33)(H,34,35)(H,29,30,31)/b27-16-. The lowest BCUT2D eigenvalue weighted by Gasteiger charge is -2.33. The maximum atomic E-state index is 11.0. The molecule has 0 spiro atoms. The van der Waals surface area contributed by atoms with Crippen molar-refractivity contribution in [1.82, 2.24) is 15.4 Å². The van der Waals surface area contributed by atoms with Gasteiger partial charge in [-0.25, -0.2) is 15.4 Å². The highest BCUT2D eigenvalue weighted by Gasteiger charge is 2.21. The van der Waals surface area contributed by atoms with Crippen LogP contribution in [0.25, 0.3) is 11.4 Å². The van der Waals surface area contributed by atoms with Crippen molar-refractivity contribution in [2.45, 2.75) is 26.2 Å². The molecule has 3 aromatic rings. The number of aromatic nitrogens is 2. The molecule has 1 aliphatic heterocycles. The van der Waals surface area contributed by atoms with E-state index in [9.17, 15) is 9.59 Å². The first-order chi connectivity index (χ1) is 17.0. The molecule has 1 aromatic heterocycles. The van der Waals surface area contributed by atoms with Gasteiger partial charge < -0.3 is 15.3 Å². The van der Waals surface area contributed by atoms with Gasteiger partial charge in [-0.1, -0.05) is 30.3 Å². The molecule has 1 amide bonds. The molecule has 2 aromatic carbocycles. The van der Waals surface area contributed by atoms with Crippen molar-refractivity contribution in [3.63, 3.8) is 0 Å². The second-order valence-electron chi connectivity index (χ2n) is 8.48. The maximum Gasteiger partial charge on any atom is 0.303 e. The Hall–Kier alpha value is -4.27. The summed E-state index contributed by atoms with van der Waals surface area (Å²) in [7, 11) is 0. The number of amides is 1.